The van der Waals surface area contributed by atoms with Crippen molar-refractivity contribution in [3.63, 3.8) is 0 Å². The Bertz CT molecular complexity index is 688. The van der Waals surface area contributed by atoms with Gasteiger partial charge < -0.3 is 8.94 Å². The molecular formula is C18H29N5O2. The first-order valence-corrected chi connectivity index (χ1v) is 8.98. The molecule has 0 amide bonds. The molecular weight excluding hydrogens is 318 g/mol. The molecule has 1 fully saturated rings. The summed E-state index contributed by atoms with van der Waals surface area (Å²) >= 11 is 0. The minimum atomic E-state index is -0.00577. The lowest BCUT2D eigenvalue weighted by molar-refractivity contribution is 0.0982. The fraction of sp³-hybridized carbons (Fsp3) is 0.722. The fourth-order valence-electron chi connectivity index (χ4n) is 3.21. The van der Waals surface area contributed by atoms with Crippen molar-refractivity contribution in [3.8, 4) is 0 Å². The largest absolute Gasteiger partial charge is 0.444 e. The Labute approximate surface area is 149 Å². The van der Waals surface area contributed by atoms with Gasteiger partial charge in [0, 0.05) is 24.9 Å². The van der Waals surface area contributed by atoms with Crippen LogP contribution in [0.4, 0.5) is 0 Å². The van der Waals surface area contributed by atoms with Crippen LogP contribution in [0.25, 0.3) is 0 Å². The first-order chi connectivity index (χ1) is 11.8. The molecule has 7 nitrogen and oxygen atoms in total. The van der Waals surface area contributed by atoms with Crippen LogP contribution in [0.15, 0.2) is 15.1 Å². The topological polar surface area (TPSA) is 71.4 Å². The van der Waals surface area contributed by atoms with Gasteiger partial charge in [-0.2, -0.15) is 4.98 Å². The third kappa shape index (κ3) is 4.67. The summed E-state index contributed by atoms with van der Waals surface area (Å²) in [6, 6.07) is 0.478. The molecule has 0 saturated carbocycles. The van der Waals surface area contributed by atoms with Gasteiger partial charge in [0.1, 0.15) is 5.76 Å². The molecule has 2 aromatic rings. The molecule has 1 saturated heterocycles. The van der Waals surface area contributed by atoms with Crippen LogP contribution in [-0.2, 0) is 18.5 Å². The molecule has 0 unspecified atom stereocenters. The van der Waals surface area contributed by atoms with Crippen LogP contribution < -0.4 is 0 Å². The first-order valence-electron chi connectivity index (χ1n) is 8.98. The van der Waals surface area contributed by atoms with Crippen molar-refractivity contribution in [1.29, 1.82) is 0 Å². The number of hydrogen-bond acceptors (Lipinski definition) is 7. The van der Waals surface area contributed by atoms with Crippen LogP contribution in [0.5, 0.6) is 0 Å². The van der Waals surface area contributed by atoms with Gasteiger partial charge in [0.2, 0.25) is 11.8 Å². The number of likely N-dealkylation sites (tertiary alicyclic amines) is 1. The van der Waals surface area contributed by atoms with E-state index in [0.29, 0.717) is 11.9 Å². The van der Waals surface area contributed by atoms with Gasteiger partial charge in [-0.25, -0.2) is 4.98 Å². The van der Waals surface area contributed by atoms with Gasteiger partial charge in [-0.3, -0.25) is 9.80 Å². The van der Waals surface area contributed by atoms with Crippen molar-refractivity contribution >= 4 is 0 Å². The molecule has 1 atom stereocenters. The second-order valence-electron chi connectivity index (χ2n) is 8.04. The van der Waals surface area contributed by atoms with Crippen LogP contribution in [0.2, 0.25) is 0 Å². The molecule has 1 aliphatic heterocycles. The van der Waals surface area contributed by atoms with E-state index in [2.05, 4.69) is 52.7 Å². The summed E-state index contributed by atoms with van der Waals surface area (Å²) in [5.41, 5.74) is -0.00577. The number of piperidine rings is 1. The highest BCUT2D eigenvalue weighted by molar-refractivity contribution is 5.06. The zero-order valence-electron chi connectivity index (χ0n) is 15.9. The van der Waals surface area contributed by atoms with Gasteiger partial charge in [-0.05, 0) is 26.4 Å². The molecule has 0 spiro atoms. The second kappa shape index (κ2) is 7.25. The predicted octanol–water partition coefficient (Wildman–Crippen LogP) is 2.76. The number of nitrogens with zero attached hydrogens (tertiary/aromatic N) is 5. The van der Waals surface area contributed by atoms with E-state index in [-0.39, 0.29) is 5.41 Å². The third-order valence-electron chi connectivity index (χ3n) is 4.72. The maximum Gasteiger partial charge on any atom is 0.223 e. The molecule has 7 heteroatoms. The van der Waals surface area contributed by atoms with E-state index in [9.17, 15) is 0 Å². The Hall–Kier alpha value is -1.73. The summed E-state index contributed by atoms with van der Waals surface area (Å²) in [6.45, 7) is 11.8. The summed E-state index contributed by atoms with van der Waals surface area (Å²) in [7, 11) is 2.15. The van der Waals surface area contributed by atoms with E-state index in [1.807, 2.05) is 13.1 Å². The summed E-state index contributed by atoms with van der Waals surface area (Å²) in [4.78, 5) is 13.5. The lowest BCUT2D eigenvalue weighted by Crippen LogP contribution is -2.45. The Morgan fingerprint density at radius 1 is 1.36 bits per heavy atom. The van der Waals surface area contributed by atoms with Gasteiger partial charge in [0.15, 0.2) is 5.82 Å². The zero-order valence-corrected chi connectivity index (χ0v) is 15.9. The molecule has 0 bridgehead atoms. The van der Waals surface area contributed by atoms with E-state index in [1.54, 1.807) is 0 Å². The van der Waals surface area contributed by atoms with E-state index in [1.165, 1.54) is 12.8 Å². The quantitative estimate of drug-likeness (QED) is 0.823. The van der Waals surface area contributed by atoms with Crippen molar-refractivity contribution < 1.29 is 8.94 Å². The normalized spacial score (nSPS) is 19.7. The van der Waals surface area contributed by atoms with Crippen molar-refractivity contribution in [2.75, 3.05) is 20.1 Å². The number of oxazole rings is 1. The Kier molecular flexibility index (Phi) is 5.24. The van der Waals surface area contributed by atoms with E-state index >= 15 is 0 Å². The third-order valence-corrected chi connectivity index (χ3v) is 4.72. The Balaban J connectivity index is 1.56. The number of aromatic nitrogens is 3. The number of hydrogen-bond donors (Lipinski definition) is 0. The smallest absolute Gasteiger partial charge is 0.223 e. The SMILES string of the molecule is Cc1nc(CN2CCC[C@@H](N(C)Cc3ncc(C(C)(C)C)o3)C2)no1. The average Bonchev–Trinajstić information content (AvgIpc) is 3.16. The molecule has 0 radical (unpaired) electrons. The highest BCUT2D eigenvalue weighted by atomic mass is 16.5. The van der Waals surface area contributed by atoms with Crippen LogP contribution in [0.1, 0.15) is 57.0 Å². The molecule has 0 N–H and O–H groups in total. The van der Waals surface area contributed by atoms with Crippen molar-refractivity contribution in [2.24, 2.45) is 0 Å². The van der Waals surface area contributed by atoms with Crippen molar-refractivity contribution in [3.05, 3.63) is 29.6 Å². The molecule has 3 rings (SSSR count). The van der Waals surface area contributed by atoms with Gasteiger partial charge in [0.05, 0.1) is 19.3 Å². The van der Waals surface area contributed by atoms with Gasteiger partial charge in [0.25, 0.3) is 0 Å². The Morgan fingerprint density at radius 3 is 2.80 bits per heavy atom. The van der Waals surface area contributed by atoms with Gasteiger partial charge in [-0.1, -0.05) is 25.9 Å². The van der Waals surface area contributed by atoms with E-state index < -0.39 is 0 Å². The Morgan fingerprint density at radius 2 is 2.16 bits per heavy atom. The zero-order chi connectivity index (χ0) is 18.0. The molecule has 3 heterocycles. The predicted molar refractivity (Wildman–Crippen MR) is 94.0 cm³/mol. The second-order valence-corrected chi connectivity index (χ2v) is 8.04. The van der Waals surface area contributed by atoms with Crippen LogP contribution in [-0.4, -0.2) is 51.1 Å². The maximum atomic E-state index is 5.94. The van der Waals surface area contributed by atoms with Gasteiger partial charge in [-0.15, -0.1) is 0 Å². The highest BCUT2D eigenvalue weighted by Gasteiger charge is 2.26. The fourth-order valence-corrected chi connectivity index (χ4v) is 3.21. The van der Waals surface area contributed by atoms with Crippen LogP contribution in [0.3, 0.4) is 0 Å². The standard InChI is InChI=1S/C18H29N5O2/c1-13-20-16(21-25-13)11-23-8-6-7-14(10-23)22(5)12-17-19-9-15(24-17)18(2,3)4/h9,14H,6-8,10-12H2,1-5H3/t14-/m1/s1. The molecule has 1 aliphatic rings. The first kappa shape index (κ1) is 18.1. The lowest BCUT2D eigenvalue weighted by atomic mass is 9.94. The maximum absolute atomic E-state index is 5.94. The molecule has 2 aromatic heterocycles. The average molecular weight is 347 g/mol. The molecule has 0 aliphatic carbocycles. The molecule has 138 valence electrons. The van der Waals surface area contributed by atoms with Crippen LogP contribution >= 0.6 is 0 Å². The van der Waals surface area contributed by atoms with E-state index in [0.717, 1.165) is 43.7 Å². The van der Waals surface area contributed by atoms with Crippen molar-refractivity contribution in [1.82, 2.24) is 24.9 Å². The summed E-state index contributed by atoms with van der Waals surface area (Å²) in [6.07, 6.45) is 4.21. The number of rotatable bonds is 5. The number of likely N-dealkylation sites (N-methyl/N-ethyl adjacent to an activating group) is 1. The minimum absolute atomic E-state index is 0.00577. The minimum Gasteiger partial charge on any atom is -0.444 e. The summed E-state index contributed by atoms with van der Waals surface area (Å²) < 4.78 is 11.0. The van der Waals surface area contributed by atoms with Crippen molar-refractivity contribution in [2.45, 2.75) is 65.1 Å². The number of aryl methyl sites for hydroxylation is 1. The highest BCUT2D eigenvalue weighted by Crippen LogP contribution is 2.24. The van der Waals surface area contributed by atoms with Gasteiger partial charge >= 0.3 is 0 Å². The lowest BCUT2D eigenvalue weighted by Gasteiger charge is -2.36. The summed E-state index contributed by atoms with van der Waals surface area (Å²) in [5.74, 6) is 3.12. The van der Waals surface area contributed by atoms with E-state index in [4.69, 9.17) is 8.94 Å². The molecule has 0 aromatic carbocycles. The monoisotopic (exact) mass is 347 g/mol. The van der Waals surface area contributed by atoms with Crippen LogP contribution in [0, 0.1) is 6.92 Å². The molecule has 25 heavy (non-hydrogen) atoms. The summed E-state index contributed by atoms with van der Waals surface area (Å²) in [5, 5.41) is 4.01.